The van der Waals surface area contributed by atoms with Gasteiger partial charge in [0.05, 0.1) is 21.3 Å². The van der Waals surface area contributed by atoms with Crippen LogP contribution in [0.15, 0.2) is 66.7 Å². The Morgan fingerprint density at radius 2 is 1.33 bits per heavy atom. The van der Waals surface area contributed by atoms with Gasteiger partial charge in [-0.05, 0) is 36.2 Å². The molecule has 3 rings (SSSR count). The van der Waals surface area contributed by atoms with Gasteiger partial charge in [-0.15, -0.1) is 0 Å². The molecular weight excluding hydrogens is 378 g/mol. The van der Waals surface area contributed by atoms with Gasteiger partial charge in [0.15, 0.2) is 11.5 Å². The largest absolute Gasteiger partial charge is 0.496 e. The smallest absolute Gasteiger partial charge is 0.164 e. The van der Waals surface area contributed by atoms with Crippen molar-refractivity contribution in [3.8, 4) is 23.0 Å². The Kier molecular flexibility index (Phi) is 7.98. The maximum absolute atomic E-state index is 6.04. The van der Waals surface area contributed by atoms with Crippen molar-refractivity contribution in [3.63, 3.8) is 0 Å². The molecule has 0 amide bonds. The summed E-state index contributed by atoms with van der Waals surface area (Å²) >= 11 is 0. The average molecular weight is 408 g/mol. The number of benzene rings is 3. The monoisotopic (exact) mass is 407 g/mol. The van der Waals surface area contributed by atoms with Gasteiger partial charge in [-0.2, -0.15) is 0 Å². The minimum atomic E-state index is 0.556. The lowest BCUT2D eigenvalue weighted by Crippen LogP contribution is -2.17. The first kappa shape index (κ1) is 21.5. The van der Waals surface area contributed by atoms with E-state index in [1.807, 2.05) is 48.5 Å². The van der Waals surface area contributed by atoms with E-state index in [-0.39, 0.29) is 0 Å². The molecule has 30 heavy (non-hydrogen) atoms. The summed E-state index contributed by atoms with van der Waals surface area (Å²) in [6.45, 7) is 2.07. The van der Waals surface area contributed by atoms with Crippen LogP contribution in [0, 0.1) is 0 Å². The standard InChI is InChI=1S/C25H29NO4/c1-27-23-16-25(29-3)24(28-2)15-20(23)13-14-26-17-21-11-7-8-12-22(21)30-18-19-9-5-4-6-10-19/h4-12,15-16,26H,13-14,17-18H2,1-3H3. The number of ether oxygens (including phenoxy) is 4. The fraction of sp³-hybridized carbons (Fsp3) is 0.280. The maximum atomic E-state index is 6.04. The minimum Gasteiger partial charge on any atom is -0.496 e. The molecule has 0 heterocycles. The second kappa shape index (κ2) is 11.1. The second-order valence-electron chi connectivity index (χ2n) is 6.83. The lowest BCUT2D eigenvalue weighted by molar-refractivity contribution is 0.302. The molecule has 0 fully saturated rings. The van der Waals surface area contributed by atoms with Crippen molar-refractivity contribution >= 4 is 0 Å². The van der Waals surface area contributed by atoms with Crippen LogP contribution in [-0.2, 0) is 19.6 Å². The Morgan fingerprint density at radius 3 is 2.07 bits per heavy atom. The predicted octanol–water partition coefficient (Wildman–Crippen LogP) is 4.62. The van der Waals surface area contributed by atoms with Crippen molar-refractivity contribution in [1.82, 2.24) is 5.32 Å². The van der Waals surface area contributed by atoms with Crippen LogP contribution in [0.1, 0.15) is 16.7 Å². The molecule has 0 saturated carbocycles. The summed E-state index contributed by atoms with van der Waals surface area (Å²) in [5.74, 6) is 3.06. The highest BCUT2D eigenvalue weighted by molar-refractivity contribution is 5.50. The summed E-state index contributed by atoms with van der Waals surface area (Å²) in [7, 11) is 4.92. The Hall–Kier alpha value is -3.18. The molecule has 5 nitrogen and oxygen atoms in total. The minimum absolute atomic E-state index is 0.556. The van der Waals surface area contributed by atoms with Gasteiger partial charge < -0.3 is 24.3 Å². The van der Waals surface area contributed by atoms with Crippen molar-refractivity contribution < 1.29 is 18.9 Å². The van der Waals surface area contributed by atoms with Gasteiger partial charge in [-0.25, -0.2) is 0 Å². The highest BCUT2D eigenvalue weighted by Crippen LogP contribution is 2.34. The first-order chi connectivity index (χ1) is 14.7. The quantitative estimate of drug-likeness (QED) is 0.470. The third kappa shape index (κ3) is 5.67. The highest BCUT2D eigenvalue weighted by Gasteiger charge is 2.12. The van der Waals surface area contributed by atoms with Crippen molar-refractivity contribution in [3.05, 3.63) is 83.4 Å². The maximum Gasteiger partial charge on any atom is 0.164 e. The van der Waals surface area contributed by atoms with Gasteiger partial charge in [0, 0.05) is 18.2 Å². The number of rotatable bonds is 11. The molecule has 0 bridgehead atoms. The van der Waals surface area contributed by atoms with E-state index in [2.05, 4.69) is 23.5 Å². The lowest BCUT2D eigenvalue weighted by Gasteiger charge is -2.15. The van der Waals surface area contributed by atoms with Crippen LogP contribution in [0.2, 0.25) is 0 Å². The molecule has 0 aromatic heterocycles. The third-order valence-electron chi connectivity index (χ3n) is 4.88. The molecule has 5 heteroatoms. The Labute approximate surface area is 178 Å². The first-order valence-electron chi connectivity index (χ1n) is 9.99. The van der Waals surface area contributed by atoms with Crippen LogP contribution in [0.4, 0.5) is 0 Å². The van der Waals surface area contributed by atoms with Gasteiger partial charge in [-0.1, -0.05) is 48.5 Å². The number of hydrogen-bond donors (Lipinski definition) is 1. The van der Waals surface area contributed by atoms with Crippen molar-refractivity contribution in [2.75, 3.05) is 27.9 Å². The van der Waals surface area contributed by atoms with Gasteiger partial charge in [0.2, 0.25) is 0 Å². The summed E-state index contributed by atoms with van der Waals surface area (Å²) < 4.78 is 22.3. The van der Waals surface area contributed by atoms with Gasteiger partial charge >= 0.3 is 0 Å². The molecular formula is C25H29NO4. The SMILES string of the molecule is COc1cc(OC)c(OC)cc1CCNCc1ccccc1OCc1ccccc1. The summed E-state index contributed by atoms with van der Waals surface area (Å²) in [6, 6.07) is 22.1. The molecule has 1 N–H and O–H groups in total. The van der Waals surface area contributed by atoms with Crippen molar-refractivity contribution in [1.29, 1.82) is 0 Å². The normalized spacial score (nSPS) is 10.5. The molecule has 158 valence electrons. The summed E-state index contributed by atoms with van der Waals surface area (Å²) in [4.78, 5) is 0. The fourth-order valence-electron chi connectivity index (χ4n) is 3.26. The molecule has 0 atom stereocenters. The van der Waals surface area contributed by atoms with Gasteiger partial charge in [0.25, 0.3) is 0 Å². The molecule has 3 aromatic rings. The molecule has 0 aliphatic heterocycles. The Morgan fingerprint density at radius 1 is 0.667 bits per heavy atom. The van der Waals surface area contributed by atoms with E-state index < -0.39 is 0 Å². The zero-order chi connectivity index (χ0) is 21.2. The molecule has 0 unspecified atom stereocenters. The van der Waals surface area contributed by atoms with E-state index in [9.17, 15) is 0 Å². The van der Waals surface area contributed by atoms with Crippen LogP contribution in [0.5, 0.6) is 23.0 Å². The van der Waals surface area contributed by atoms with E-state index in [0.29, 0.717) is 18.1 Å². The summed E-state index contributed by atoms with van der Waals surface area (Å²) in [6.07, 6.45) is 0.802. The Balaban J connectivity index is 1.57. The van der Waals surface area contributed by atoms with Crippen LogP contribution in [0.3, 0.4) is 0 Å². The third-order valence-corrected chi connectivity index (χ3v) is 4.88. The fourth-order valence-corrected chi connectivity index (χ4v) is 3.26. The number of para-hydroxylation sites is 1. The van der Waals surface area contributed by atoms with Crippen molar-refractivity contribution in [2.45, 2.75) is 19.6 Å². The van der Waals surface area contributed by atoms with Gasteiger partial charge in [-0.3, -0.25) is 0 Å². The highest BCUT2D eigenvalue weighted by atomic mass is 16.5. The molecule has 0 spiro atoms. The molecule has 3 aromatic carbocycles. The lowest BCUT2D eigenvalue weighted by atomic mass is 10.1. The van der Waals surface area contributed by atoms with Crippen LogP contribution in [-0.4, -0.2) is 27.9 Å². The zero-order valence-corrected chi connectivity index (χ0v) is 17.8. The predicted molar refractivity (Wildman–Crippen MR) is 119 cm³/mol. The van der Waals surface area contributed by atoms with Crippen molar-refractivity contribution in [2.24, 2.45) is 0 Å². The first-order valence-corrected chi connectivity index (χ1v) is 9.99. The summed E-state index contributed by atoms with van der Waals surface area (Å²) in [5.41, 5.74) is 3.35. The molecule has 0 saturated heterocycles. The van der Waals surface area contributed by atoms with E-state index >= 15 is 0 Å². The Bertz CT molecular complexity index is 928. The molecule has 0 radical (unpaired) electrons. The number of nitrogens with one attached hydrogen (secondary N) is 1. The zero-order valence-electron chi connectivity index (χ0n) is 17.8. The van der Waals surface area contributed by atoms with Gasteiger partial charge in [0.1, 0.15) is 18.1 Å². The number of hydrogen-bond acceptors (Lipinski definition) is 5. The van der Waals surface area contributed by atoms with Crippen LogP contribution in [0.25, 0.3) is 0 Å². The van der Waals surface area contributed by atoms with E-state index in [1.54, 1.807) is 21.3 Å². The van der Waals surface area contributed by atoms with E-state index in [1.165, 1.54) is 0 Å². The summed E-state index contributed by atoms with van der Waals surface area (Å²) in [5, 5.41) is 3.50. The average Bonchev–Trinajstić information content (AvgIpc) is 2.81. The molecule has 0 aliphatic carbocycles. The molecule has 0 aliphatic rings. The van der Waals surface area contributed by atoms with E-state index in [4.69, 9.17) is 18.9 Å². The number of methoxy groups -OCH3 is 3. The second-order valence-corrected chi connectivity index (χ2v) is 6.83. The van der Waals surface area contributed by atoms with E-state index in [0.717, 1.165) is 47.7 Å². The van der Waals surface area contributed by atoms with Crippen LogP contribution >= 0.6 is 0 Å². The topological polar surface area (TPSA) is 49.0 Å². The van der Waals surface area contributed by atoms with Crippen LogP contribution < -0.4 is 24.3 Å².